The highest BCUT2D eigenvalue weighted by molar-refractivity contribution is 9.11. The van der Waals surface area contributed by atoms with Crippen molar-refractivity contribution < 1.29 is 4.79 Å². The molecule has 2 rings (SSSR count). The molecule has 1 aromatic carbocycles. The molecule has 0 spiro atoms. The Morgan fingerprint density at radius 2 is 2.12 bits per heavy atom. The first-order valence-electron chi connectivity index (χ1n) is 4.88. The monoisotopic (exact) mass is 329 g/mol. The van der Waals surface area contributed by atoms with E-state index in [0.717, 1.165) is 8.66 Å². The predicted octanol–water partition coefficient (Wildman–Crippen LogP) is 4.17. The van der Waals surface area contributed by atoms with Gasteiger partial charge in [0.1, 0.15) is 0 Å². The third kappa shape index (κ3) is 3.09. The number of halogens is 2. The molecule has 0 radical (unpaired) electrons. The molecule has 0 amide bonds. The highest BCUT2D eigenvalue weighted by atomic mass is 79.9. The molecule has 0 bridgehead atoms. The molecule has 0 aliphatic carbocycles. The third-order valence-electron chi connectivity index (χ3n) is 2.28. The molecule has 2 aromatic rings. The van der Waals surface area contributed by atoms with E-state index >= 15 is 0 Å². The van der Waals surface area contributed by atoms with Crippen molar-refractivity contribution in [1.29, 1.82) is 0 Å². The number of benzene rings is 1. The summed E-state index contributed by atoms with van der Waals surface area (Å²) in [7, 11) is 0. The maximum absolute atomic E-state index is 12.0. The molecule has 0 atom stereocenters. The lowest BCUT2D eigenvalue weighted by Gasteiger charge is -2.02. The second kappa shape index (κ2) is 5.21. The first-order valence-corrected chi connectivity index (χ1v) is 6.87. The van der Waals surface area contributed by atoms with Crippen molar-refractivity contribution in [2.45, 2.75) is 6.42 Å². The Bertz CT molecular complexity index is 567. The molecule has 5 heteroatoms. The minimum absolute atomic E-state index is 0.0442. The Labute approximate surface area is 117 Å². The number of Topliss-reactive ketones (excluding diaryl/α,β-unsaturated/α-hetero) is 1. The van der Waals surface area contributed by atoms with Crippen LogP contribution in [-0.2, 0) is 6.42 Å². The molecule has 2 N–H and O–H groups in total. The summed E-state index contributed by atoms with van der Waals surface area (Å²) in [5, 5.41) is 0.473. The van der Waals surface area contributed by atoms with Gasteiger partial charge in [-0.1, -0.05) is 11.6 Å². The molecule has 0 aliphatic rings. The minimum atomic E-state index is 0.0442. The van der Waals surface area contributed by atoms with Crippen LogP contribution in [-0.4, -0.2) is 5.78 Å². The quantitative estimate of drug-likeness (QED) is 0.678. The fourth-order valence-electron chi connectivity index (χ4n) is 1.42. The van der Waals surface area contributed by atoms with Gasteiger partial charge in [0.15, 0.2) is 5.78 Å². The number of hydrogen-bond donors (Lipinski definition) is 1. The number of ketones is 1. The smallest absolute Gasteiger partial charge is 0.168 e. The van der Waals surface area contributed by atoms with Gasteiger partial charge in [-0.15, -0.1) is 11.3 Å². The molecule has 0 saturated carbocycles. The number of carbonyl (C=O) groups is 1. The second-order valence-corrected chi connectivity index (χ2v) is 6.50. The summed E-state index contributed by atoms with van der Waals surface area (Å²) in [6.07, 6.45) is 0.386. The van der Waals surface area contributed by atoms with Gasteiger partial charge in [-0.2, -0.15) is 0 Å². The van der Waals surface area contributed by atoms with E-state index in [1.165, 1.54) is 0 Å². The highest BCUT2D eigenvalue weighted by Crippen LogP contribution is 2.24. The van der Waals surface area contributed by atoms with Gasteiger partial charge in [-0.25, -0.2) is 0 Å². The van der Waals surface area contributed by atoms with Gasteiger partial charge in [0.05, 0.1) is 14.5 Å². The van der Waals surface area contributed by atoms with Crippen molar-refractivity contribution in [3.05, 3.63) is 49.6 Å². The van der Waals surface area contributed by atoms with Gasteiger partial charge in [0, 0.05) is 16.9 Å². The van der Waals surface area contributed by atoms with E-state index in [1.807, 2.05) is 12.1 Å². The van der Waals surface area contributed by atoms with Crippen LogP contribution in [0.2, 0.25) is 5.02 Å². The number of anilines is 1. The number of rotatable bonds is 3. The summed E-state index contributed by atoms with van der Waals surface area (Å²) in [6.45, 7) is 0. The van der Waals surface area contributed by atoms with Gasteiger partial charge in [-0.05, 0) is 46.3 Å². The zero-order valence-electron chi connectivity index (χ0n) is 8.74. The zero-order valence-corrected chi connectivity index (χ0v) is 11.9. The van der Waals surface area contributed by atoms with Crippen LogP contribution in [0.3, 0.4) is 0 Å². The average molecular weight is 331 g/mol. The summed E-state index contributed by atoms with van der Waals surface area (Å²) in [5.74, 6) is 0.0442. The highest BCUT2D eigenvalue weighted by Gasteiger charge is 2.10. The molecule has 88 valence electrons. The average Bonchev–Trinajstić information content (AvgIpc) is 2.68. The summed E-state index contributed by atoms with van der Waals surface area (Å²) < 4.78 is 1.02. The first-order chi connectivity index (χ1) is 8.06. The van der Waals surface area contributed by atoms with Gasteiger partial charge in [0.2, 0.25) is 0 Å². The Morgan fingerprint density at radius 3 is 2.71 bits per heavy atom. The van der Waals surface area contributed by atoms with Crippen LogP contribution in [0.25, 0.3) is 0 Å². The molecular weight excluding hydrogens is 322 g/mol. The number of nitrogens with two attached hydrogens (primary N) is 1. The normalized spacial score (nSPS) is 10.5. The number of hydrogen-bond acceptors (Lipinski definition) is 3. The summed E-state index contributed by atoms with van der Waals surface area (Å²) in [5.41, 5.74) is 6.70. The molecular formula is C12H9BrClNOS. The molecule has 0 unspecified atom stereocenters. The maximum Gasteiger partial charge on any atom is 0.168 e. The van der Waals surface area contributed by atoms with E-state index in [4.69, 9.17) is 17.3 Å². The standard InChI is InChI=1S/C12H9BrClNOS/c13-12-4-2-8(17-12)6-11(16)7-1-3-9(14)10(15)5-7/h1-5H,6,15H2. The van der Waals surface area contributed by atoms with E-state index in [9.17, 15) is 4.79 Å². The van der Waals surface area contributed by atoms with Crippen molar-refractivity contribution in [3.63, 3.8) is 0 Å². The van der Waals surface area contributed by atoms with E-state index in [0.29, 0.717) is 22.7 Å². The van der Waals surface area contributed by atoms with Crippen LogP contribution in [0.15, 0.2) is 34.1 Å². The van der Waals surface area contributed by atoms with E-state index in [2.05, 4.69) is 15.9 Å². The molecule has 0 saturated heterocycles. The van der Waals surface area contributed by atoms with Gasteiger partial charge < -0.3 is 5.73 Å². The molecule has 1 aromatic heterocycles. The lowest BCUT2D eigenvalue weighted by molar-refractivity contribution is 0.0994. The Hall–Kier alpha value is -0.840. The Morgan fingerprint density at radius 1 is 1.35 bits per heavy atom. The van der Waals surface area contributed by atoms with Crippen molar-refractivity contribution in [2.24, 2.45) is 0 Å². The number of carbonyl (C=O) groups excluding carboxylic acids is 1. The van der Waals surface area contributed by atoms with Crippen molar-refractivity contribution >= 4 is 50.3 Å². The second-order valence-electron chi connectivity index (χ2n) is 3.54. The van der Waals surface area contributed by atoms with Crippen molar-refractivity contribution in [2.75, 3.05) is 5.73 Å². The third-order valence-corrected chi connectivity index (χ3v) is 4.25. The Kier molecular flexibility index (Phi) is 3.86. The topological polar surface area (TPSA) is 43.1 Å². The van der Waals surface area contributed by atoms with E-state index in [1.54, 1.807) is 29.5 Å². The maximum atomic E-state index is 12.0. The van der Waals surface area contributed by atoms with Crippen LogP contribution < -0.4 is 5.73 Å². The van der Waals surface area contributed by atoms with Crippen molar-refractivity contribution in [1.82, 2.24) is 0 Å². The lowest BCUT2D eigenvalue weighted by Crippen LogP contribution is -2.03. The molecule has 1 heterocycles. The van der Waals surface area contributed by atoms with Gasteiger partial charge in [0.25, 0.3) is 0 Å². The van der Waals surface area contributed by atoms with E-state index < -0.39 is 0 Å². The molecule has 0 aliphatic heterocycles. The zero-order chi connectivity index (χ0) is 12.4. The van der Waals surface area contributed by atoms with Crippen LogP contribution in [0.4, 0.5) is 5.69 Å². The van der Waals surface area contributed by atoms with Gasteiger partial charge >= 0.3 is 0 Å². The summed E-state index contributed by atoms with van der Waals surface area (Å²) in [6, 6.07) is 8.83. The van der Waals surface area contributed by atoms with E-state index in [-0.39, 0.29) is 5.78 Å². The summed E-state index contributed by atoms with van der Waals surface area (Å²) in [4.78, 5) is 13.0. The molecule has 2 nitrogen and oxygen atoms in total. The van der Waals surface area contributed by atoms with Crippen molar-refractivity contribution in [3.8, 4) is 0 Å². The first kappa shape index (κ1) is 12.6. The largest absolute Gasteiger partial charge is 0.398 e. The molecule has 0 fully saturated rings. The Balaban J connectivity index is 2.17. The fraction of sp³-hybridized carbons (Fsp3) is 0.0833. The fourth-order valence-corrected chi connectivity index (χ4v) is 3.02. The van der Waals surface area contributed by atoms with Crippen LogP contribution >= 0.6 is 38.9 Å². The van der Waals surface area contributed by atoms with Crippen LogP contribution in [0, 0.1) is 0 Å². The lowest BCUT2D eigenvalue weighted by atomic mass is 10.1. The van der Waals surface area contributed by atoms with Crippen LogP contribution in [0.1, 0.15) is 15.2 Å². The number of nitrogen functional groups attached to an aromatic ring is 1. The predicted molar refractivity (Wildman–Crippen MR) is 75.9 cm³/mol. The number of thiophene rings is 1. The SMILES string of the molecule is Nc1cc(C(=O)Cc2ccc(Br)s2)ccc1Cl. The van der Waals surface area contributed by atoms with Crippen LogP contribution in [0.5, 0.6) is 0 Å². The minimum Gasteiger partial charge on any atom is -0.398 e. The molecule has 17 heavy (non-hydrogen) atoms. The van der Waals surface area contributed by atoms with Gasteiger partial charge in [-0.3, -0.25) is 4.79 Å². The summed E-state index contributed by atoms with van der Waals surface area (Å²) >= 11 is 10.7.